The maximum atomic E-state index is 14.3. The van der Waals surface area contributed by atoms with Gasteiger partial charge in [-0.3, -0.25) is 4.99 Å². The maximum Gasteiger partial charge on any atom is 0.410 e. The van der Waals surface area contributed by atoms with Crippen molar-refractivity contribution in [1.82, 2.24) is 4.90 Å². The lowest BCUT2D eigenvalue weighted by Crippen LogP contribution is -2.50. The quantitative estimate of drug-likeness (QED) is 0.595. The monoisotopic (exact) mass is 403 g/mol. The normalized spacial score (nSPS) is 16.4. The van der Waals surface area contributed by atoms with Crippen LogP contribution >= 0.6 is 0 Å². The third-order valence-electron chi connectivity index (χ3n) is 4.56. The van der Waals surface area contributed by atoms with Crippen molar-refractivity contribution in [3.63, 3.8) is 0 Å². The SMILES string of the molecule is C=N/C=C(N)\C(N)=C(/C)c1cc(F)cc(N2CCN(C(=O)OC(C)(C)C)CC2)c1. The van der Waals surface area contributed by atoms with Crippen molar-refractivity contribution in [1.29, 1.82) is 0 Å². The Hall–Kier alpha value is -3.03. The van der Waals surface area contributed by atoms with Gasteiger partial charge in [0.1, 0.15) is 11.4 Å². The first-order valence-electron chi connectivity index (χ1n) is 9.44. The molecule has 0 atom stereocenters. The molecule has 4 N–H and O–H groups in total. The van der Waals surface area contributed by atoms with Crippen molar-refractivity contribution >= 4 is 24.1 Å². The highest BCUT2D eigenvalue weighted by Crippen LogP contribution is 2.26. The van der Waals surface area contributed by atoms with Crippen LogP contribution in [-0.4, -0.2) is 49.5 Å². The molecule has 1 amide bonds. The largest absolute Gasteiger partial charge is 0.444 e. The summed E-state index contributed by atoms with van der Waals surface area (Å²) in [4.78, 5) is 19.5. The van der Waals surface area contributed by atoms with Gasteiger partial charge in [-0.1, -0.05) is 0 Å². The van der Waals surface area contributed by atoms with E-state index in [1.165, 1.54) is 18.3 Å². The number of piperazine rings is 1. The van der Waals surface area contributed by atoms with Crippen molar-refractivity contribution in [3.05, 3.63) is 47.2 Å². The number of anilines is 1. The van der Waals surface area contributed by atoms with Gasteiger partial charge in [-0.2, -0.15) is 0 Å². The fourth-order valence-corrected chi connectivity index (χ4v) is 2.99. The molecule has 0 radical (unpaired) electrons. The second kappa shape index (κ2) is 8.98. The second-order valence-electron chi connectivity index (χ2n) is 7.96. The van der Waals surface area contributed by atoms with Gasteiger partial charge in [0.05, 0.1) is 17.6 Å². The molecule has 1 aliphatic heterocycles. The molecule has 0 aromatic heterocycles. The summed E-state index contributed by atoms with van der Waals surface area (Å²) in [6.07, 6.45) is 1.02. The maximum absolute atomic E-state index is 14.3. The van der Waals surface area contributed by atoms with Crippen LogP contribution in [0.25, 0.3) is 5.57 Å². The van der Waals surface area contributed by atoms with E-state index in [4.69, 9.17) is 16.2 Å². The first kappa shape index (κ1) is 22.3. The summed E-state index contributed by atoms with van der Waals surface area (Å²) in [7, 11) is 0. The van der Waals surface area contributed by atoms with Crippen LogP contribution in [0.3, 0.4) is 0 Å². The van der Waals surface area contributed by atoms with Crippen molar-refractivity contribution < 1.29 is 13.9 Å². The Morgan fingerprint density at radius 2 is 1.83 bits per heavy atom. The Balaban J connectivity index is 2.17. The number of halogens is 1. The van der Waals surface area contributed by atoms with E-state index in [1.54, 1.807) is 11.8 Å². The van der Waals surface area contributed by atoms with Gasteiger partial charge < -0.3 is 26.0 Å². The van der Waals surface area contributed by atoms with E-state index in [0.29, 0.717) is 43.0 Å². The minimum absolute atomic E-state index is 0.272. The molecule has 29 heavy (non-hydrogen) atoms. The lowest BCUT2D eigenvalue weighted by molar-refractivity contribution is 0.0240. The molecule has 0 bridgehead atoms. The molecule has 7 nitrogen and oxygen atoms in total. The van der Waals surface area contributed by atoms with E-state index in [2.05, 4.69) is 11.7 Å². The molecule has 1 saturated heterocycles. The molecule has 158 valence electrons. The Morgan fingerprint density at radius 3 is 2.38 bits per heavy atom. The van der Waals surface area contributed by atoms with E-state index >= 15 is 0 Å². The van der Waals surface area contributed by atoms with E-state index in [0.717, 1.165) is 5.69 Å². The summed E-state index contributed by atoms with van der Waals surface area (Å²) in [5, 5.41) is 0. The van der Waals surface area contributed by atoms with Crippen LogP contribution in [0, 0.1) is 5.82 Å². The van der Waals surface area contributed by atoms with E-state index in [1.807, 2.05) is 31.7 Å². The lowest BCUT2D eigenvalue weighted by atomic mass is 10.0. The zero-order chi connectivity index (χ0) is 21.8. The Labute approximate surface area is 171 Å². The predicted octanol–water partition coefficient (Wildman–Crippen LogP) is 3.07. The first-order chi connectivity index (χ1) is 13.5. The molecule has 1 fully saturated rings. The number of allylic oxidation sites excluding steroid dienone is 1. The summed E-state index contributed by atoms with van der Waals surface area (Å²) in [5.41, 5.74) is 14.0. The van der Waals surface area contributed by atoms with E-state index in [-0.39, 0.29) is 17.6 Å². The molecule has 0 saturated carbocycles. The number of carbonyl (C=O) groups excluding carboxylic acids is 1. The highest BCUT2D eigenvalue weighted by atomic mass is 19.1. The fourth-order valence-electron chi connectivity index (χ4n) is 2.99. The number of hydrogen-bond acceptors (Lipinski definition) is 6. The number of aliphatic imine (C=N–C) groups is 1. The zero-order valence-electron chi connectivity index (χ0n) is 17.5. The standard InChI is InChI=1S/C21H30FN5O2/c1-14(19(24)18(23)13-25-5)15-10-16(22)12-17(11-15)26-6-8-27(9-7-26)20(28)29-21(2,3)4/h10-13H,5-9,23-24H2,1-4H3/b18-13+,19-14-. The number of ether oxygens (including phenoxy) is 1. The molecule has 1 aromatic carbocycles. The summed E-state index contributed by atoms with van der Waals surface area (Å²) in [5.74, 6) is -0.372. The number of nitrogens with two attached hydrogens (primary N) is 2. The van der Waals surface area contributed by atoms with Crippen LogP contribution in [0.2, 0.25) is 0 Å². The molecule has 0 aliphatic carbocycles. The number of nitrogens with zero attached hydrogens (tertiary/aromatic N) is 3. The minimum Gasteiger partial charge on any atom is -0.444 e. The van der Waals surface area contributed by atoms with Gasteiger partial charge in [0, 0.05) is 31.9 Å². The average Bonchev–Trinajstić information content (AvgIpc) is 2.65. The van der Waals surface area contributed by atoms with Gasteiger partial charge in [0.25, 0.3) is 0 Å². The Bertz CT molecular complexity index is 834. The van der Waals surface area contributed by atoms with Gasteiger partial charge in [0.2, 0.25) is 0 Å². The summed E-state index contributed by atoms with van der Waals surface area (Å²) in [6, 6.07) is 4.75. The van der Waals surface area contributed by atoms with Crippen LogP contribution < -0.4 is 16.4 Å². The molecule has 1 heterocycles. The Morgan fingerprint density at radius 1 is 1.21 bits per heavy atom. The van der Waals surface area contributed by atoms with Crippen LogP contribution in [-0.2, 0) is 4.74 Å². The van der Waals surface area contributed by atoms with Gasteiger partial charge in [-0.05, 0) is 63.7 Å². The third-order valence-corrected chi connectivity index (χ3v) is 4.56. The zero-order valence-corrected chi connectivity index (χ0v) is 17.5. The molecule has 0 spiro atoms. The Kier molecular flexibility index (Phi) is 6.89. The highest BCUT2D eigenvalue weighted by molar-refractivity contribution is 5.73. The number of hydrogen-bond donors (Lipinski definition) is 2. The van der Waals surface area contributed by atoms with E-state index in [9.17, 15) is 9.18 Å². The van der Waals surface area contributed by atoms with Crippen molar-refractivity contribution in [2.75, 3.05) is 31.1 Å². The molecule has 0 unspecified atom stereocenters. The molecule has 1 aromatic rings. The number of carbonyl (C=O) groups is 1. The first-order valence-corrected chi connectivity index (χ1v) is 9.44. The molecular weight excluding hydrogens is 373 g/mol. The third kappa shape index (κ3) is 5.97. The highest BCUT2D eigenvalue weighted by Gasteiger charge is 2.26. The smallest absolute Gasteiger partial charge is 0.410 e. The van der Waals surface area contributed by atoms with Crippen LogP contribution in [0.4, 0.5) is 14.9 Å². The summed E-state index contributed by atoms with van der Waals surface area (Å²) >= 11 is 0. The lowest BCUT2D eigenvalue weighted by Gasteiger charge is -2.37. The molecular formula is C21H30FN5O2. The predicted molar refractivity (Wildman–Crippen MR) is 115 cm³/mol. The topological polar surface area (TPSA) is 97.2 Å². The molecule has 2 rings (SSSR count). The second-order valence-corrected chi connectivity index (χ2v) is 7.96. The van der Waals surface area contributed by atoms with Gasteiger partial charge >= 0.3 is 6.09 Å². The van der Waals surface area contributed by atoms with E-state index < -0.39 is 5.60 Å². The van der Waals surface area contributed by atoms with Crippen LogP contribution in [0.5, 0.6) is 0 Å². The van der Waals surface area contributed by atoms with Gasteiger partial charge in [-0.25, -0.2) is 9.18 Å². The fraction of sp³-hybridized carbons (Fsp3) is 0.429. The number of amides is 1. The number of benzene rings is 1. The number of rotatable bonds is 4. The summed E-state index contributed by atoms with van der Waals surface area (Å²) in [6.45, 7) is 12.8. The minimum atomic E-state index is -0.535. The van der Waals surface area contributed by atoms with Crippen LogP contribution in [0.15, 0.2) is 40.8 Å². The van der Waals surface area contributed by atoms with Crippen molar-refractivity contribution in [2.24, 2.45) is 16.5 Å². The summed E-state index contributed by atoms with van der Waals surface area (Å²) < 4.78 is 19.7. The van der Waals surface area contributed by atoms with Crippen LogP contribution in [0.1, 0.15) is 33.3 Å². The van der Waals surface area contributed by atoms with Gasteiger partial charge in [-0.15, -0.1) is 0 Å². The van der Waals surface area contributed by atoms with Gasteiger partial charge in [0.15, 0.2) is 0 Å². The van der Waals surface area contributed by atoms with Crippen molar-refractivity contribution in [2.45, 2.75) is 33.3 Å². The van der Waals surface area contributed by atoms with Crippen molar-refractivity contribution in [3.8, 4) is 0 Å². The molecule has 8 heteroatoms. The molecule has 1 aliphatic rings. The average molecular weight is 404 g/mol.